The normalized spacial score (nSPS) is 16.0. The number of nitrogens with zero attached hydrogens (tertiary/aromatic N) is 1. The van der Waals surface area contributed by atoms with E-state index in [1.54, 1.807) is 10.3 Å². The van der Waals surface area contributed by atoms with Crippen LogP contribution >= 0.6 is 11.3 Å². The second-order valence-corrected chi connectivity index (χ2v) is 7.72. The summed E-state index contributed by atoms with van der Waals surface area (Å²) in [6.45, 7) is 3.59. The van der Waals surface area contributed by atoms with Crippen molar-refractivity contribution in [2.24, 2.45) is 11.7 Å². The number of rotatable bonds is 6. The van der Waals surface area contributed by atoms with Crippen LogP contribution in [0.15, 0.2) is 29.6 Å². The Morgan fingerprint density at radius 1 is 1.28 bits per heavy atom. The number of amides is 3. The van der Waals surface area contributed by atoms with Crippen LogP contribution in [-0.4, -0.2) is 36.8 Å². The van der Waals surface area contributed by atoms with Crippen molar-refractivity contribution in [3.8, 4) is 0 Å². The zero-order chi connectivity index (χ0) is 21.1. The van der Waals surface area contributed by atoms with Crippen LogP contribution in [0.5, 0.6) is 0 Å². The van der Waals surface area contributed by atoms with E-state index in [0.717, 1.165) is 28.2 Å². The summed E-state index contributed by atoms with van der Waals surface area (Å²) in [5.41, 5.74) is 8.24. The maximum Gasteiger partial charge on any atom is 0.311 e. The molecular formula is C20H21N3O5S. The first-order valence-corrected chi connectivity index (χ1v) is 9.86. The second kappa shape index (κ2) is 8.44. The summed E-state index contributed by atoms with van der Waals surface area (Å²) < 4.78 is 5.08. The highest BCUT2D eigenvalue weighted by atomic mass is 32.1. The Morgan fingerprint density at radius 3 is 2.76 bits per heavy atom. The number of hydrogen-bond donors (Lipinski definition) is 2. The molecule has 1 aliphatic rings. The molecule has 3 N–H and O–H groups in total. The molecule has 152 valence electrons. The highest BCUT2D eigenvalue weighted by Gasteiger charge is 2.37. The van der Waals surface area contributed by atoms with Gasteiger partial charge in [-0.05, 0) is 42.5 Å². The number of carbonyl (C=O) groups excluding carboxylic acids is 4. The predicted molar refractivity (Wildman–Crippen MR) is 109 cm³/mol. The molecule has 0 aliphatic carbocycles. The van der Waals surface area contributed by atoms with Gasteiger partial charge in [0.25, 0.3) is 11.8 Å². The maximum atomic E-state index is 12.4. The average Bonchev–Trinajstić information content (AvgIpc) is 3.29. The van der Waals surface area contributed by atoms with Crippen LogP contribution in [0.25, 0.3) is 0 Å². The molecule has 9 heteroatoms. The van der Waals surface area contributed by atoms with E-state index in [9.17, 15) is 19.2 Å². The summed E-state index contributed by atoms with van der Waals surface area (Å²) >= 11 is 1.14. The lowest BCUT2D eigenvalue weighted by molar-refractivity contribution is -0.151. The molecule has 2 heterocycles. The third kappa shape index (κ3) is 4.45. The standard InChI is InChI=1S/C20H21N3O5S/c1-11-4-3-5-15(12(11)2)23-9-13(8-17(23)25)20(27)28-10-16(24)22-19-14(18(21)26)6-7-29-19/h3-7,13H,8-10H2,1-2H3,(H2,21,26)(H,22,24)/t13-/m0/s1. The molecule has 1 fully saturated rings. The lowest BCUT2D eigenvalue weighted by Crippen LogP contribution is -2.28. The first-order chi connectivity index (χ1) is 13.8. The van der Waals surface area contributed by atoms with Gasteiger partial charge in [0, 0.05) is 18.7 Å². The highest BCUT2D eigenvalue weighted by Crippen LogP contribution is 2.30. The number of ether oxygens (including phenoxy) is 1. The molecule has 0 saturated carbocycles. The van der Waals surface area contributed by atoms with Crippen LogP contribution in [0.1, 0.15) is 27.9 Å². The van der Waals surface area contributed by atoms with Crippen molar-refractivity contribution in [1.82, 2.24) is 0 Å². The van der Waals surface area contributed by atoms with E-state index in [1.807, 2.05) is 32.0 Å². The van der Waals surface area contributed by atoms with Gasteiger partial charge in [-0.25, -0.2) is 0 Å². The summed E-state index contributed by atoms with van der Waals surface area (Å²) in [7, 11) is 0. The molecule has 1 atom stereocenters. The monoisotopic (exact) mass is 415 g/mol. The minimum atomic E-state index is -0.658. The molecular weight excluding hydrogens is 394 g/mol. The summed E-state index contributed by atoms with van der Waals surface area (Å²) in [6.07, 6.45) is 0.0323. The number of anilines is 2. The van der Waals surface area contributed by atoms with Crippen LogP contribution < -0.4 is 16.0 Å². The van der Waals surface area contributed by atoms with Gasteiger partial charge in [-0.2, -0.15) is 0 Å². The number of nitrogens with two attached hydrogens (primary N) is 1. The average molecular weight is 415 g/mol. The molecule has 0 radical (unpaired) electrons. The Labute approximate surface area is 171 Å². The second-order valence-electron chi connectivity index (χ2n) is 6.81. The number of esters is 1. The van der Waals surface area contributed by atoms with Crippen LogP contribution in [0.2, 0.25) is 0 Å². The fourth-order valence-electron chi connectivity index (χ4n) is 3.14. The molecule has 1 aromatic carbocycles. The van der Waals surface area contributed by atoms with Crippen LogP contribution in [0, 0.1) is 19.8 Å². The van der Waals surface area contributed by atoms with Crippen molar-refractivity contribution in [2.45, 2.75) is 20.3 Å². The summed E-state index contributed by atoms with van der Waals surface area (Å²) in [5, 5.41) is 4.42. The summed E-state index contributed by atoms with van der Waals surface area (Å²) in [4.78, 5) is 49.6. The molecule has 3 amide bonds. The molecule has 1 saturated heterocycles. The van der Waals surface area contributed by atoms with Gasteiger partial charge in [-0.3, -0.25) is 19.2 Å². The Balaban J connectivity index is 1.57. The van der Waals surface area contributed by atoms with Gasteiger partial charge in [0.15, 0.2) is 6.61 Å². The number of thiophene rings is 1. The fourth-order valence-corrected chi connectivity index (χ4v) is 3.95. The molecule has 0 bridgehead atoms. The molecule has 0 spiro atoms. The zero-order valence-corrected chi connectivity index (χ0v) is 16.9. The Bertz CT molecular complexity index is 984. The number of hydrogen-bond acceptors (Lipinski definition) is 6. The minimum Gasteiger partial charge on any atom is -0.455 e. The molecule has 29 heavy (non-hydrogen) atoms. The lowest BCUT2D eigenvalue weighted by Gasteiger charge is -2.20. The molecule has 1 aromatic heterocycles. The molecule has 0 unspecified atom stereocenters. The Morgan fingerprint density at radius 2 is 2.03 bits per heavy atom. The Kier molecular flexibility index (Phi) is 5.97. The first kappa shape index (κ1) is 20.5. The minimum absolute atomic E-state index is 0.0323. The van der Waals surface area contributed by atoms with Crippen molar-refractivity contribution in [2.75, 3.05) is 23.4 Å². The van der Waals surface area contributed by atoms with Gasteiger partial charge >= 0.3 is 5.97 Å². The smallest absolute Gasteiger partial charge is 0.311 e. The first-order valence-electron chi connectivity index (χ1n) is 8.98. The summed E-state index contributed by atoms with van der Waals surface area (Å²) in [6, 6.07) is 7.17. The van der Waals surface area contributed by atoms with Crippen molar-refractivity contribution in [3.63, 3.8) is 0 Å². The van der Waals surface area contributed by atoms with Gasteiger partial charge in [0.2, 0.25) is 5.91 Å². The van der Waals surface area contributed by atoms with Gasteiger partial charge in [-0.1, -0.05) is 12.1 Å². The number of nitrogens with one attached hydrogen (secondary N) is 1. The van der Waals surface area contributed by atoms with E-state index < -0.39 is 30.3 Å². The predicted octanol–water partition coefficient (Wildman–Crippen LogP) is 2.00. The van der Waals surface area contributed by atoms with Gasteiger partial charge in [0.05, 0.1) is 11.5 Å². The zero-order valence-electron chi connectivity index (χ0n) is 16.1. The van der Waals surface area contributed by atoms with Crippen molar-refractivity contribution < 1.29 is 23.9 Å². The van der Waals surface area contributed by atoms with E-state index >= 15 is 0 Å². The van der Waals surface area contributed by atoms with Gasteiger partial charge in [0.1, 0.15) is 5.00 Å². The molecule has 2 aromatic rings. The number of primary amides is 1. The third-order valence-electron chi connectivity index (χ3n) is 4.85. The number of carbonyl (C=O) groups is 4. The number of aryl methyl sites for hydroxylation is 1. The van der Waals surface area contributed by atoms with E-state index in [-0.39, 0.29) is 24.4 Å². The highest BCUT2D eigenvalue weighted by molar-refractivity contribution is 7.14. The van der Waals surface area contributed by atoms with Crippen molar-refractivity contribution >= 4 is 45.7 Å². The quantitative estimate of drug-likeness (QED) is 0.700. The van der Waals surface area contributed by atoms with Gasteiger partial charge < -0.3 is 20.7 Å². The van der Waals surface area contributed by atoms with Crippen LogP contribution in [0.3, 0.4) is 0 Å². The topological polar surface area (TPSA) is 119 Å². The van der Waals surface area contributed by atoms with Crippen molar-refractivity contribution in [1.29, 1.82) is 0 Å². The van der Waals surface area contributed by atoms with Crippen LogP contribution in [-0.2, 0) is 19.1 Å². The van der Waals surface area contributed by atoms with E-state index in [1.165, 1.54) is 6.07 Å². The van der Waals surface area contributed by atoms with Crippen LogP contribution in [0.4, 0.5) is 10.7 Å². The summed E-state index contributed by atoms with van der Waals surface area (Å²) in [5.74, 6) is -2.65. The van der Waals surface area contributed by atoms with E-state index in [2.05, 4.69) is 5.32 Å². The SMILES string of the molecule is Cc1cccc(N2C[C@@H](C(=O)OCC(=O)Nc3sccc3C(N)=O)CC2=O)c1C. The van der Waals surface area contributed by atoms with E-state index in [4.69, 9.17) is 10.5 Å². The molecule has 1 aliphatic heterocycles. The third-order valence-corrected chi connectivity index (χ3v) is 5.68. The number of benzene rings is 1. The van der Waals surface area contributed by atoms with Crippen molar-refractivity contribution in [3.05, 3.63) is 46.3 Å². The van der Waals surface area contributed by atoms with Gasteiger partial charge in [-0.15, -0.1) is 11.3 Å². The lowest BCUT2D eigenvalue weighted by atomic mass is 10.1. The fraction of sp³-hybridized carbons (Fsp3) is 0.300. The molecule has 8 nitrogen and oxygen atoms in total. The van der Waals surface area contributed by atoms with E-state index in [0.29, 0.717) is 5.00 Å². The Hall–Kier alpha value is -3.20. The molecule has 3 rings (SSSR count). The maximum absolute atomic E-state index is 12.4. The largest absolute Gasteiger partial charge is 0.455 e.